The van der Waals surface area contributed by atoms with Crippen molar-refractivity contribution in [1.29, 1.82) is 0 Å². The van der Waals surface area contributed by atoms with Crippen LogP contribution in [0.1, 0.15) is 25.7 Å². The molecule has 0 unspecified atom stereocenters. The lowest BCUT2D eigenvalue weighted by Crippen LogP contribution is -2.17. The van der Waals surface area contributed by atoms with Crippen molar-refractivity contribution in [3.05, 3.63) is 6.20 Å². The van der Waals surface area contributed by atoms with Gasteiger partial charge in [0.1, 0.15) is 5.94 Å². The number of hydrogen-bond donors (Lipinski definition) is 0. The molecule has 1 aliphatic heterocycles. The Hall–Kier alpha value is -0.750. The Morgan fingerprint density at radius 1 is 1.10 bits per heavy atom. The van der Waals surface area contributed by atoms with Crippen LogP contribution >= 0.6 is 0 Å². The van der Waals surface area contributed by atoms with Crippen molar-refractivity contribution in [2.75, 3.05) is 13.1 Å². The zero-order valence-corrected chi connectivity index (χ0v) is 6.18. The van der Waals surface area contributed by atoms with Crippen LogP contribution in [0.5, 0.6) is 0 Å². The largest absolute Gasteiger partial charge is 0.369 e. The highest BCUT2D eigenvalue weighted by Crippen LogP contribution is 2.08. The van der Waals surface area contributed by atoms with Crippen LogP contribution < -0.4 is 0 Å². The summed E-state index contributed by atoms with van der Waals surface area (Å²) in [5.74, 6) is 1.82. The highest BCUT2D eigenvalue weighted by molar-refractivity contribution is 5.44. The first-order chi connectivity index (χ1) is 4.93. The summed E-state index contributed by atoms with van der Waals surface area (Å²) in [5.41, 5.74) is 0. The maximum atomic E-state index is 9.96. The number of hydrogen-bond acceptors (Lipinski definition) is 2. The first-order valence-corrected chi connectivity index (χ1v) is 3.88. The molecule has 0 bridgehead atoms. The summed E-state index contributed by atoms with van der Waals surface area (Å²) in [4.78, 5) is 12.0. The normalized spacial score (nSPS) is 19.4. The number of carbonyl (C=O) groups excluding carboxylic acids is 1. The van der Waals surface area contributed by atoms with Crippen LogP contribution in [0, 0.1) is 0 Å². The molecule has 1 aliphatic rings. The summed E-state index contributed by atoms with van der Waals surface area (Å²) in [7, 11) is 0. The maximum Gasteiger partial charge on any atom is 0.142 e. The molecule has 10 heavy (non-hydrogen) atoms. The summed E-state index contributed by atoms with van der Waals surface area (Å²) < 4.78 is 0. The van der Waals surface area contributed by atoms with Gasteiger partial charge in [0.25, 0.3) is 0 Å². The zero-order chi connectivity index (χ0) is 7.23. The van der Waals surface area contributed by atoms with E-state index < -0.39 is 0 Å². The SMILES string of the molecule is O=C=CN1CCCCCC1. The van der Waals surface area contributed by atoms with Crippen molar-refractivity contribution < 1.29 is 4.79 Å². The number of rotatable bonds is 1. The molecule has 0 spiro atoms. The monoisotopic (exact) mass is 139 g/mol. The minimum Gasteiger partial charge on any atom is -0.369 e. The molecular weight excluding hydrogens is 126 g/mol. The van der Waals surface area contributed by atoms with Gasteiger partial charge in [0.05, 0.1) is 6.20 Å². The predicted octanol–water partition coefficient (Wildman–Crippen LogP) is 1.21. The van der Waals surface area contributed by atoms with E-state index >= 15 is 0 Å². The highest BCUT2D eigenvalue weighted by atomic mass is 16.1. The fourth-order valence-electron chi connectivity index (χ4n) is 1.30. The van der Waals surface area contributed by atoms with E-state index in [0.29, 0.717) is 0 Å². The minimum atomic E-state index is 1.04. The second-order valence-corrected chi connectivity index (χ2v) is 2.70. The Balaban J connectivity index is 2.34. The fraction of sp³-hybridized carbons (Fsp3) is 0.750. The van der Waals surface area contributed by atoms with Gasteiger partial charge in [-0.25, -0.2) is 4.79 Å². The Bertz CT molecular complexity index is 130. The molecule has 0 aromatic carbocycles. The van der Waals surface area contributed by atoms with E-state index in [1.807, 2.05) is 5.94 Å². The third-order valence-electron chi connectivity index (χ3n) is 1.88. The van der Waals surface area contributed by atoms with Crippen molar-refractivity contribution in [3.63, 3.8) is 0 Å². The van der Waals surface area contributed by atoms with E-state index in [4.69, 9.17) is 0 Å². The lowest BCUT2D eigenvalue weighted by molar-refractivity contribution is 0.392. The van der Waals surface area contributed by atoms with Gasteiger partial charge in [0.15, 0.2) is 0 Å². The topological polar surface area (TPSA) is 20.3 Å². The third kappa shape index (κ3) is 2.24. The average Bonchev–Trinajstić information content (AvgIpc) is 2.17. The molecule has 0 atom stereocenters. The molecule has 0 aromatic rings. The molecule has 0 radical (unpaired) electrons. The zero-order valence-electron chi connectivity index (χ0n) is 6.18. The molecule has 0 aromatic heterocycles. The van der Waals surface area contributed by atoms with Crippen molar-refractivity contribution in [3.8, 4) is 0 Å². The summed E-state index contributed by atoms with van der Waals surface area (Å²) in [6, 6.07) is 0. The van der Waals surface area contributed by atoms with Crippen LogP contribution in [0.3, 0.4) is 0 Å². The van der Waals surface area contributed by atoms with Gasteiger partial charge < -0.3 is 4.90 Å². The van der Waals surface area contributed by atoms with E-state index in [1.165, 1.54) is 31.9 Å². The molecule has 2 heteroatoms. The Kier molecular flexibility index (Phi) is 3.04. The molecule has 1 rings (SSSR count). The van der Waals surface area contributed by atoms with E-state index in [2.05, 4.69) is 4.90 Å². The van der Waals surface area contributed by atoms with Crippen LogP contribution in [-0.4, -0.2) is 23.9 Å². The van der Waals surface area contributed by atoms with Gasteiger partial charge in [-0.1, -0.05) is 12.8 Å². The summed E-state index contributed by atoms with van der Waals surface area (Å²) in [5, 5.41) is 0. The fourth-order valence-corrected chi connectivity index (χ4v) is 1.30. The average molecular weight is 139 g/mol. The molecular formula is C8H13NO. The first kappa shape index (κ1) is 7.36. The van der Waals surface area contributed by atoms with Crippen LogP contribution in [0.15, 0.2) is 6.20 Å². The van der Waals surface area contributed by atoms with Gasteiger partial charge in [-0.05, 0) is 12.8 Å². The molecule has 0 aliphatic carbocycles. The van der Waals surface area contributed by atoms with E-state index in [0.717, 1.165) is 13.1 Å². The highest BCUT2D eigenvalue weighted by Gasteiger charge is 2.03. The van der Waals surface area contributed by atoms with Gasteiger partial charge in [-0.15, -0.1) is 0 Å². The summed E-state index contributed by atoms with van der Waals surface area (Å²) in [6.45, 7) is 2.07. The third-order valence-corrected chi connectivity index (χ3v) is 1.88. The van der Waals surface area contributed by atoms with E-state index in [1.54, 1.807) is 0 Å². The van der Waals surface area contributed by atoms with Crippen LogP contribution in [0.4, 0.5) is 0 Å². The molecule has 1 heterocycles. The van der Waals surface area contributed by atoms with Crippen molar-refractivity contribution in [1.82, 2.24) is 4.90 Å². The minimum absolute atomic E-state index is 1.04. The van der Waals surface area contributed by atoms with Crippen LogP contribution in [0.2, 0.25) is 0 Å². The first-order valence-electron chi connectivity index (χ1n) is 3.88. The number of nitrogens with zero attached hydrogens (tertiary/aromatic N) is 1. The van der Waals surface area contributed by atoms with Gasteiger partial charge in [-0.3, -0.25) is 0 Å². The van der Waals surface area contributed by atoms with Gasteiger partial charge in [0.2, 0.25) is 0 Å². The predicted molar refractivity (Wildman–Crippen MR) is 40.3 cm³/mol. The van der Waals surface area contributed by atoms with Crippen molar-refractivity contribution >= 4 is 5.94 Å². The Morgan fingerprint density at radius 2 is 1.70 bits per heavy atom. The second-order valence-electron chi connectivity index (χ2n) is 2.70. The molecule has 2 nitrogen and oxygen atoms in total. The van der Waals surface area contributed by atoms with Gasteiger partial charge >= 0.3 is 0 Å². The lowest BCUT2D eigenvalue weighted by atomic mass is 10.2. The molecule has 0 N–H and O–H groups in total. The standard InChI is InChI=1S/C8H13NO/c10-8-7-9-5-3-1-2-4-6-9/h7H,1-6H2. The Morgan fingerprint density at radius 3 is 2.20 bits per heavy atom. The Labute approximate surface area is 61.5 Å². The maximum absolute atomic E-state index is 9.96. The molecule has 56 valence electrons. The summed E-state index contributed by atoms with van der Waals surface area (Å²) in [6.07, 6.45) is 6.59. The molecule has 1 fully saturated rings. The van der Waals surface area contributed by atoms with Crippen LogP contribution in [0.25, 0.3) is 0 Å². The van der Waals surface area contributed by atoms with E-state index in [-0.39, 0.29) is 0 Å². The smallest absolute Gasteiger partial charge is 0.142 e. The van der Waals surface area contributed by atoms with Crippen LogP contribution in [-0.2, 0) is 4.79 Å². The van der Waals surface area contributed by atoms with Gasteiger partial charge in [0, 0.05) is 13.1 Å². The lowest BCUT2D eigenvalue weighted by Gasteiger charge is -2.13. The number of likely N-dealkylation sites (tertiary alicyclic amines) is 1. The quantitative estimate of drug-likeness (QED) is 0.509. The van der Waals surface area contributed by atoms with Crippen molar-refractivity contribution in [2.45, 2.75) is 25.7 Å². The van der Waals surface area contributed by atoms with Gasteiger partial charge in [-0.2, -0.15) is 0 Å². The van der Waals surface area contributed by atoms with E-state index in [9.17, 15) is 4.79 Å². The summed E-state index contributed by atoms with van der Waals surface area (Å²) >= 11 is 0. The van der Waals surface area contributed by atoms with Crippen molar-refractivity contribution in [2.24, 2.45) is 0 Å². The molecule has 0 amide bonds. The second kappa shape index (κ2) is 4.13. The molecule has 1 saturated heterocycles. The molecule has 0 saturated carbocycles.